The molecular formula is C23H27N3O3S. The fourth-order valence-electron chi connectivity index (χ4n) is 4.88. The minimum atomic E-state index is -2.95. The van der Waals surface area contributed by atoms with E-state index in [9.17, 15) is 14.1 Å². The Balaban J connectivity index is 1.52. The third kappa shape index (κ3) is 3.20. The van der Waals surface area contributed by atoms with Crippen LogP contribution in [-0.4, -0.2) is 21.2 Å². The fourth-order valence-corrected chi connectivity index (χ4v) is 6.66. The zero-order valence-electron chi connectivity index (χ0n) is 17.4. The Morgan fingerprint density at radius 2 is 1.77 bits per heavy atom. The van der Waals surface area contributed by atoms with Crippen LogP contribution in [0.1, 0.15) is 54.5 Å². The second-order valence-corrected chi connectivity index (χ2v) is 11.2. The Labute approximate surface area is 177 Å². The number of urea groups is 1. The number of rotatable bonds is 2. The molecule has 0 spiro atoms. The number of hydrogen-bond donors (Lipinski definition) is 3. The van der Waals surface area contributed by atoms with Crippen molar-refractivity contribution < 1.29 is 14.1 Å². The van der Waals surface area contributed by atoms with Gasteiger partial charge in [-0.1, -0.05) is 12.1 Å². The fraction of sp³-hybridized carbons (Fsp3) is 0.435. The molecule has 158 valence electrons. The molecule has 0 bridgehead atoms. The second-order valence-electron chi connectivity index (χ2n) is 8.99. The number of fused-ring (bicyclic) bond motifs is 3. The van der Waals surface area contributed by atoms with E-state index in [1.54, 1.807) is 32.0 Å². The SMILES string of the molecule is CC(C)(O)c1ccc2c(c1)S(=O)(=NC(=O)Nc1c3c(cc4c1CCC4)CCC3)CN2. The van der Waals surface area contributed by atoms with Crippen molar-refractivity contribution in [3.05, 3.63) is 52.1 Å². The van der Waals surface area contributed by atoms with Gasteiger partial charge in [0.2, 0.25) is 0 Å². The summed E-state index contributed by atoms with van der Waals surface area (Å²) in [4.78, 5) is 13.4. The molecule has 0 saturated heterocycles. The van der Waals surface area contributed by atoms with Gasteiger partial charge in [-0.3, -0.25) is 0 Å². The molecule has 0 radical (unpaired) electrons. The molecule has 0 saturated carbocycles. The maximum Gasteiger partial charge on any atom is 0.353 e. The Kier molecular flexibility index (Phi) is 4.45. The first-order chi connectivity index (χ1) is 14.2. The Bertz CT molecular complexity index is 1150. The molecule has 1 atom stereocenters. The Morgan fingerprint density at radius 1 is 1.10 bits per heavy atom. The van der Waals surface area contributed by atoms with E-state index in [1.807, 2.05) is 0 Å². The molecule has 30 heavy (non-hydrogen) atoms. The third-order valence-corrected chi connectivity index (χ3v) is 8.45. The number of carbonyl (C=O) groups is 1. The minimum Gasteiger partial charge on any atom is -0.386 e. The molecule has 2 aliphatic carbocycles. The molecule has 6 nitrogen and oxygen atoms in total. The predicted molar refractivity (Wildman–Crippen MR) is 119 cm³/mol. The number of aliphatic hydroxyl groups is 1. The molecule has 2 aromatic carbocycles. The quantitative estimate of drug-likeness (QED) is 0.668. The summed E-state index contributed by atoms with van der Waals surface area (Å²) < 4.78 is 17.7. The Morgan fingerprint density at radius 3 is 2.40 bits per heavy atom. The number of nitrogens with one attached hydrogen (secondary N) is 2. The van der Waals surface area contributed by atoms with E-state index >= 15 is 0 Å². The first-order valence-corrected chi connectivity index (χ1v) is 12.3. The third-order valence-electron chi connectivity index (χ3n) is 6.43. The van der Waals surface area contributed by atoms with Crippen molar-refractivity contribution in [2.45, 2.75) is 62.9 Å². The lowest BCUT2D eigenvalue weighted by atomic mass is 9.98. The van der Waals surface area contributed by atoms with E-state index in [4.69, 9.17) is 0 Å². The molecule has 1 heterocycles. The summed E-state index contributed by atoms with van der Waals surface area (Å²) in [6.45, 7) is 3.36. The van der Waals surface area contributed by atoms with Gasteiger partial charge in [-0.05, 0) is 92.3 Å². The van der Waals surface area contributed by atoms with Crippen LogP contribution >= 0.6 is 0 Å². The molecule has 2 aromatic rings. The molecule has 3 aliphatic rings. The van der Waals surface area contributed by atoms with Crippen LogP contribution in [0.15, 0.2) is 33.5 Å². The van der Waals surface area contributed by atoms with Crippen LogP contribution in [0.25, 0.3) is 0 Å². The van der Waals surface area contributed by atoms with Gasteiger partial charge in [-0.25, -0.2) is 9.00 Å². The van der Waals surface area contributed by atoms with Crippen molar-refractivity contribution in [1.82, 2.24) is 0 Å². The van der Waals surface area contributed by atoms with Crippen LogP contribution < -0.4 is 10.6 Å². The highest BCUT2D eigenvalue weighted by Crippen LogP contribution is 2.39. The van der Waals surface area contributed by atoms with Gasteiger partial charge in [0.05, 0.1) is 16.2 Å². The van der Waals surface area contributed by atoms with Gasteiger partial charge in [-0.2, -0.15) is 0 Å². The standard InChI is InChI=1S/C23H27N3O3S/c1-23(2,28)16-9-10-19-20(12-16)30(29,13-24-19)26-22(27)25-21-17-7-3-5-14(17)11-15-6-4-8-18(15)21/h9-12,24,28H,3-8,13H2,1-2H3,(H,25,27). The molecule has 7 heteroatoms. The van der Waals surface area contributed by atoms with E-state index in [-0.39, 0.29) is 5.88 Å². The van der Waals surface area contributed by atoms with Gasteiger partial charge in [-0.15, -0.1) is 4.36 Å². The zero-order chi connectivity index (χ0) is 21.1. The molecule has 1 aliphatic heterocycles. The van der Waals surface area contributed by atoms with Crippen LogP contribution in [0.3, 0.4) is 0 Å². The zero-order valence-corrected chi connectivity index (χ0v) is 18.2. The largest absolute Gasteiger partial charge is 0.386 e. The topological polar surface area (TPSA) is 90.8 Å². The number of aryl methyl sites for hydroxylation is 2. The van der Waals surface area contributed by atoms with E-state index in [1.165, 1.54) is 22.3 Å². The van der Waals surface area contributed by atoms with Gasteiger partial charge < -0.3 is 15.7 Å². The van der Waals surface area contributed by atoms with Gasteiger partial charge in [0.25, 0.3) is 0 Å². The summed E-state index contributed by atoms with van der Waals surface area (Å²) in [5.74, 6) is 0.0933. The summed E-state index contributed by atoms with van der Waals surface area (Å²) >= 11 is 0. The highest BCUT2D eigenvalue weighted by molar-refractivity contribution is 7.94. The number of benzene rings is 2. The van der Waals surface area contributed by atoms with Crippen molar-refractivity contribution in [2.75, 3.05) is 16.5 Å². The van der Waals surface area contributed by atoms with Crippen molar-refractivity contribution >= 4 is 27.1 Å². The van der Waals surface area contributed by atoms with Crippen molar-refractivity contribution in [3.8, 4) is 0 Å². The summed E-state index contributed by atoms with van der Waals surface area (Å²) in [6, 6.07) is 7.05. The number of hydrogen-bond acceptors (Lipinski definition) is 4. The highest BCUT2D eigenvalue weighted by atomic mass is 32.2. The van der Waals surface area contributed by atoms with Gasteiger partial charge in [0.15, 0.2) is 0 Å². The van der Waals surface area contributed by atoms with E-state index in [0.29, 0.717) is 16.1 Å². The molecular weight excluding hydrogens is 398 g/mol. The van der Waals surface area contributed by atoms with Crippen LogP contribution in [0.5, 0.6) is 0 Å². The van der Waals surface area contributed by atoms with Crippen LogP contribution in [0.2, 0.25) is 0 Å². The smallest absolute Gasteiger partial charge is 0.353 e. The molecule has 1 unspecified atom stereocenters. The van der Waals surface area contributed by atoms with Crippen LogP contribution in [0, 0.1) is 0 Å². The van der Waals surface area contributed by atoms with Crippen LogP contribution in [-0.2, 0) is 41.0 Å². The van der Waals surface area contributed by atoms with Crippen molar-refractivity contribution in [3.63, 3.8) is 0 Å². The maximum atomic E-state index is 13.6. The molecule has 5 rings (SSSR count). The molecule has 0 aromatic heterocycles. The van der Waals surface area contributed by atoms with E-state index in [2.05, 4.69) is 21.1 Å². The van der Waals surface area contributed by atoms with Crippen molar-refractivity contribution in [1.29, 1.82) is 0 Å². The van der Waals surface area contributed by atoms with E-state index < -0.39 is 21.4 Å². The average molecular weight is 426 g/mol. The van der Waals surface area contributed by atoms with Crippen LogP contribution in [0.4, 0.5) is 16.2 Å². The van der Waals surface area contributed by atoms with E-state index in [0.717, 1.165) is 44.2 Å². The lowest BCUT2D eigenvalue weighted by molar-refractivity contribution is 0.0784. The monoisotopic (exact) mass is 425 g/mol. The lowest BCUT2D eigenvalue weighted by Crippen LogP contribution is -2.17. The highest BCUT2D eigenvalue weighted by Gasteiger charge is 2.29. The minimum absolute atomic E-state index is 0.0933. The van der Waals surface area contributed by atoms with Gasteiger partial charge >= 0.3 is 6.03 Å². The Hall–Kier alpha value is -2.38. The summed E-state index contributed by atoms with van der Waals surface area (Å²) in [6.07, 6.45) is 6.24. The maximum absolute atomic E-state index is 13.6. The first-order valence-electron chi connectivity index (χ1n) is 10.6. The van der Waals surface area contributed by atoms with Gasteiger partial charge in [0, 0.05) is 5.69 Å². The number of anilines is 2. The average Bonchev–Trinajstić information content (AvgIpc) is 3.40. The van der Waals surface area contributed by atoms with Crippen molar-refractivity contribution in [2.24, 2.45) is 4.36 Å². The summed E-state index contributed by atoms with van der Waals surface area (Å²) in [5.41, 5.74) is 6.30. The molecule has 0 fully saturated rings. The number of carbonyl (C=O) groups excluding carboxylic acids is 1. The number of amides is 2. The van der Waals surface area contributed by atoms with Gasteiger partial charge in [0.1, 0.15) is 15.6 Å². The predicted octanol–water partition coefficient (Wildman–Crippen LogP) is 4.33. The molecule has 2 amide bonds. The number of nitrogens with zero attached hydrogens (tertiary/aromatic N) is 1. The normalized spacial score (nSPS) is 21.6. The second kappa shape index (κ2) is 6.82. The summed E-state index contributed by atoms with van der Waals surface area (Å²) in [5, 5.41) is 16.4. The molecule has 3 N–H and O–H groups in total. The first kappa shape index (κ1) is 19.6. The lowest BCUT2D eigenvalue weighted by Gasteiger charge is -2.18. The summed E-state index contributed by atoms with van der Waals surface area (Å²) in [7, 11) is -2.95.